The van der Waals surface area contributed by atoms with Gasteiger partial charge in [0.05, 0.1) is 12.2 Å². The zero-order valence-corrected chi connectivity index (χ0v) is 7.36. The number of nitrogens with one attached hydrogen (secondary N) is 1. The summed E-state index contributed by atoms with van der Waals surface area (Å²) in [5.41, 5.74) is 5.96. The lowest BCUT2D eigenvalue weighted by atomic mass is 10.0. The Kier molecular flexibility index (Phi) is 3.22. The van der Waals surface area contributed by atoms with Crippen molar-refractivity contribution in [2.24, 2.45) is 0 Å². The van der Waals surface area contributed by atoms with Crippen molar-refractivity contribution in [3.05, 3.63) is 17.8 Å². The van der Waals surface area contributed by atoms with Crippen LogP contribution in [0.5, 0.6) is 0 Å². The summed E-state index contributed by atoms with van der Waals surface area (Å²) in [6.45, 7) is -0.0747. The topological polar surface area (TPSA) is 85.1 Å². The van der Waals surface area contributed by atoms with Crippen LogP contribution < -0.4 is 16.6 Å². The first-order valence-electron chi connectivity index (χ1n) is 3.89. The van der Waals surface area contributed by atoms with Gasteiger partial charge in [0.1, 0.15) is 19.8 Å². The summed E-state index contributed by atoms with van der Waals surface area (Å²) in [5, 5.41) is 2.31. The molecule has 0 spiro atoms. The van der Waals surface area contributed by atoms with Gasteiger partial charge in [-0.1, -0.05) is 0 Å². The minimum absolute atomic E-state index is 0.0341. The fourth-order valence-electron chi connectivity index (χ4n) is 0.885. The lowest BCUT2D eigenvalue weighted by Crippen LogP contribution is -2.29. The Morgan fingerprint density at radius 3 is 3.00 bits per heavy atom. The minimum Gasteiger partial charge on any atom is -0.397 e. The molecular weight excluding hydrogens is 181 g/mol. The number of carbonyl (C=O) groups is 2. The molecule has 14 heavy (non-hydrogen) atoms. The smallest absolute Gasteiger partial charge is 0.272 e. The molecule has 0 saturated carbocycles. The second-order valence-electron chi connectivity index (χ2n) is 2.55. The number of nitrogen functional groups attached to an aromatic ring is 1. The van der Waals surface area contributed by atoms with Crippen LogP contribution in [0.15, 0.2) is 12.1 Å². The predicted octanol–water partition coefficient (Wildman–Crippen LogP) is -1.61. The lowest BCUT2D eigenvalue weighted by molar-refractivity contribution is -0.107. The molecule has 1 amide bonds. The van der Waals surface area contributed by atoms with Gasteiger partial charge in [0.15, 0.2) is 0 Å². The first-order chi connectivity index (χ1) is 6.65. The molecule has 1 heterocycles. The molecule has 0 aliphatic heterocycles. The van der Waals surface area contributed by atoms with Gasteiger partial charge in [0.2, 0.25) is 0 Å². The van der Waals surface area contributed by atoms with Crippen LogP contribution in [0.4, 0.5) is 5.69 Å². The second kappa shape index (κ2) is 4.41. The van der Waals surface area contributed by atoms with Crippen molar-refractivity contribution in [3.63, 3.8) is 0 Å². The van der Waals surface area contributed by atoms with E-state index in [2.05, 4.69) is 10.3 Å². The van der Waals surface area contributed by atoms with Crippen LogP contribution in [0, 0.1) is 0 Å². The predicted molar refractivity (Wildman–Crippen MR) is 52.4 cm³/mol. The third kappa shape index (κ3) is 2.32. The molecule has 1 aromatic heterocycles. The van der Waals surface area contributed by atoms with Gasteiger partial charge in [-0.25, -0.2) is 0 Å². The van der Waals surface area contributed by atoms with Crippen LogP contribution in [-0.4, -0.2) is 31.6 Å². The van der Waals surface area contributed by atoms with E-state index in [0.29, 0.717) is 6.29 Å². The van der Waals surface area contributed by atoms with E-state index in [1.807, 2.05) is 0 Å². The number of nitrogens with zero attached hydrogens (tertiary/aromatic N) is 1. The minimum atomic E-state index is -0.512. The molecule has 0 aliphatic rings. The van der Waals surface area contributed by atoms with Crippen LogP contribution in [0.2, 0.25) is 0 Å². The highest BCUT2D eigenvalue weighted by Crippen LogP contribution is 2.04. The van der Waals surface area contributed by atoms with E-state index in [1.165, 1.54) is 12.1 Å². The molecule has 5 nitrogen and oxygen atoms in total. The lowest BCUT2D eigenvalue weighted by Gasteiger charge is -2.04. The third-order valence-electron chi connectivity index (χ3n) is 1.51. The normalized spacial score (nSPS) is 9.43. The van der Waals surface area contributed by atoms with Crippen LogP contribution in [0.3, 0.4) is 0 Å². The number of aromatic nitrogens is 1. The summed E-state index contributed by atoms with van der Waals surface area (Å²) < 4.78 is 0. The standard InChI is InChI=1S/C8H8BN3O2/c9-6-2-1-5(10)7(12-6)8(14)11-3-4-13/h1-2,4H,3,10H2,(H,11,14). The highest BCUT2D eigenvalue weighted by atomic mass is 16.2. The zero-order chi connectivity index (χ0) is 10.6. The maximum atomic E-state index is 11.3. The number of carbonyl (C=O) groups excluding carboxylic acids is 2. The first-order valence-corrected chi connectivity index (χ1v) is 3.89. The number of aldehydes is 1. The maximum Gasteiger partial charge on any atom is 0.272 e. The highest BCUT2D eigenvalue weighted by Gasteiger charge is 2.10. The van der Waals surface area contributed by atoms with Gasteiger partial charge in [-0.3, -0.25) is 9.78 Å². The van der Waals surface area contributed by atoms with E-state index in [-0.39, 0.29) is 23.5 Å². The molecule has 1 aromatic rings. The molecule has 0 unspecified atom stereocenters. The second-order valence-corrected chi connectivity index (χ2v) is 2.55. The Labute approximate surface area is 82.1 Å². The average Bonchev–Trinajstić information content (AvgIpc) is 2.18. The number of anilines is 1. The van der Waals surface area contributed by atoms with E-state index < -0.39 is 5.91 Å². The number of nitrogens with two attached hydrogens (primary N) is 1. The molecule has 2 radical (unpaired) electrons. The van der Waals surface area contributed by atoms with Crippen LogP contribution in [0.1, 0.15) is 10.5 Å². The molecule has 0 atom stereocenters. The van der Waals surface area contributed by atoms with Gasteiger partial charge >= 0.3 is 0 Å². The van der Waals surface area contributed by atoms with Gasteiger partial charge in [-0.15, -0.1) is 0 Å². The largest absolute Gasteiger partial charge is 0.397 e. The Morgan fingerprint density at radius 1 is 1.64 bits per heavy atom. The monoisotopic (exact) mass is 189 g/mol. The summed E-state index contributed by atoms with van der Waals surface area (Å²) in [7, 11) is 5.38. The van der Waals surface area contributed by atoms with Crippen molar-refractivity contribution in [2.75, 3.05) is 12.3 Å². The summed E-state index contributed by atoms with van der Waals surface area (Å²) in [6, 6.07) is 2.98. The van der Waals surface area contributed by atoms with Gasteiger partial charge in [0.25, 0.3) is 5.91 Å². The van der Waals surface area contributed by atoms with Crippen molar-refractivity contribution in [1.29, 1.82) is 0 Å². The fraction of sp³-hybridized carbons (Fsp3) is 0.125. The fourth-order valence-corrected chi connectivity index (χ4v) is 0.885. The number of pyridine rings is 1. The molecular formula is C8H8BN3O2. The number of rotatable bonds is 3. The van der Waals surface area contributed by atoms with E-state index in [9.17, 15) is 9.59 Å². The summed E-state index contributed by atoms with van der Waals surface area (Å²) >= 11 is 0. The van der Waals surface area contributed by atoms with Crippen molar-refractivity contribution < 1.29 is 9.59 Å². The van der Waals surface area contributed by atoms with Crippen LogP contribution in [-0.2, 0) is 4.79 Å². The number of hydrogen-bond acceptors (Lipinski definition) is 4. The molecule has 0 aromatic carbocycles. The Balaban J connectivity index is 2.88. The van der Waals surface area contributed by atoms with E-state index >= 15 is 0 Å². The number of amides is 1. The molecule has 0 aliphatic carbocycles. The van der Waals surface area contributed by atoms with Gasteiger partial charge in [-0.05, 0) is 17.7 Å². The maximum absolute atomic E-state index is 11.3. The summed E-state index contributed by atoms with van der Waals surface area (Å²) in [6.07, 6.45) is 0.570. The zero-order valence-electron chi connectivity index (χ0n) is 7.36. The summed E-state index contributed by atoms with van der Waals surface area (Å²) in [5.74, 6) is -0.512. The SMILES string of the molecule is [B]c1ccc(N)c(C(=O)NCC=O)n1. The molecule has 3 N–H and O–H groups in total. The molecule has 0 saturated heterocycles. The average molecular weight is 189 g/mol. The molecule has 70 valence electrons. The molecule has 0 fully saturated rings. The van der Waals surface area contributed by atoms with Crippen molar-refractivity contribution in [2.45, 2.75) is 0 Å². The van der Waals surface area contributed by atoms with Crippen LogP contribution in [0.25, 0.3) is 0 Å². The third-order valence-corrected chi connectivity index (χ3v) is 1.51. The summed E-state index contributed by atoms with van der Waals surface area (Å²) in [4.78, 5) is 25.1. The van der Waals surface area contributed by atoms with Crippen molar-refractivity contribution >= 4 is 31.3 Å². The van der Waals surface area contributed by atoms with Gasteiger partial charge < -0.3 is 15.8 Å². The molecule has 1 rings (SSSR count). The van der Waals surface area contributed by atoms with Gasteiger partial charge in [-0.2, -0.15) is 0 Å². The quantitative estimate of drug-likeness (QED) is 0.442. The molecule has 0 bridgehead atoms. The highest BCUT2D eigenvalue weighted by molar-refractivity contribution is 6.30. The van der Waals surface area contributed by atoms with Crippen molar-refractivity contribution in [1.82, 2.24) is 10.3 Å². The number of hydrogen-bond donors (Lipinski definition) is 2. The van der Waals surface area contributed by atoms with E-state index in [4.69, 9.17) is 13.6 Å². The Morgan fingerprint density at radius 2 is 2.36 bits per heavy atom. The Hall–Kier alpha value is -1.85. The van der Waals surface area contributed by atoms with E-state index in [1.54, 1.807) is 0 Å². The molecule has 6 heteroatoms. The Bertz CT molecular complexity index is 368. The van der Waals surface area contributed by atoms with E-state index in [0.717, 1.165) is 0 Å². The van der Waals surface area contributed by atoms with Gasteiger partial charge in [0, 0.05) is 0 Å². The van der Waals surface area contributed by atoms with Crippen LogP contribution >= 0.6 is 0 Å². The first kappa shape index (κ1) is 10.2. The van der Waals surface area contributed by atoms with Crippen molar-refractivity contribution in [3.8, 4) is 0 Å².